The number of hydrogen-bond acceptors (Lipinski definition) is 4. The molecule has 0 spiro atoms. The van der Waals surface area contributed by atoms with Gasteiger partial charge in [-0.3, -0.25) is 0 Å². The number of ether oxygens (including phenoxy) is 2. The second-order valence-electron chi connectivity index (χ2n) is 3.35. The molecule has 0 aliphatic heterocycles. The summed E-state index contributed by atoms with van der Waals surface area (Å²) in [5.41, 5.74) is 6.34. The van der Waals surface area contributed by atoms with Crippen LogP contribution in [0.2, 0.25) is 5.02 Å². The van der Waals surface area contributed by atoms with Crippen molar-refractivity contribution in [1.29, 1.82) is 0 Å². The lowest BCUT2D eigenvalue weighted by Crippen LogP contribution is -2.17. The summed E-state index contributed by atoms with van der Waals surface area (Å²) in [5, 5.41) is 9.76. The van der Waals surface area contributed by atoms with E-state index in [1.807, 2.05) is 0 Å². The fourth-order valence-corrected chi connectivity index (χ4v) is 1.78. The van der Waals surface area contributed by atoms with Crippen molar-refractivity contribution < 1.29 is 14.6 Å². The second-order valence-corrected chi connectivity index (χ2v) is 3.78. The van der Waals surface area contributed by atoms with Crippen molar-refractivity contribution in [2.24, 2.45) is 5.73 Å². The average Bonchev–Trinajstić information content (AvgIpc) is 2.30. The van der Waals surface area contributed by atoms with Crippen molar-refractivity contribution in [2.45, 2.75) is 5.92 Å². The van der Waals surface area contributed by atoms with Crippen LogP contribution in [-0.4, -0.2) is 32.5 Å². The Hall–Kier alpha value is -0.970. The maximum absolute atomic E-state index is 9.23. The molecule has 0 aromatic heterocycles. The first-order valence-electron chi connectivity index (χ1n) is 4.90. The quantitative estimate of drug-likeness (QED) is 0.823. The van der Waals surface area contributed by atoms with Crippen molar-refractivity contribution in [3.63, 3.8) is 0 Å². The van der Waals surface area contributed by atoms with E-state index in [4.69, 9.17) is 26.8 Å². The summed E-state index contributed by atoms with van der Waals surface area (Å²) in [6.07, 6.45) is 0. The van der Waals surface area contributed by atoms with Crippen LogP contribution in [0.1, 0.15) is 11.5 Å². The van der Waals surface area contributed by atoms with E-state index < -0.39 is 0 Å². The lowest BCUT2D eigenvalue weighted by molar-refractivity contribution is 0.263. The van der Waals surface area contributed by atoms with Gasteiger partial charge in [-0.2, -0.15) is 0 Å². The Morgan fingerprint density at radius 1 is 1.38 bits per heavy atom. The van der Waals surface area contributed by atoms with Gasteiger partial charge in [0.2, 0.25) is 0 Å². The molecule has 1 aromatic rings. The Morgan fingerprint density at radius 3 is 2.50 bits per heavy atom. The normalized spacial score (nSPS) is 12.3. The third kappa shape index (κ3) is 2.58. The van der Waals surface area contributed by atoms with E-state index in [-0.39, 0.29) is 12.5 Å². The first-order valence-corrected chi connectivity index (χ1v) is 5.28. The molecule has 3 N–H and O–H groups in total. The molecule has 16 heavy (non-hydrogen) atoms. The maximum atomic E-state index is 9.23. The van der Waals surface area contributed by atoms with Crippen LogP contribution in [-0.2, 0) is 0 Å². The Balaban J connectivity index is 3.29. The van der Waals surface area contributed by atoms with Crippen molar-refractivity contribution in [3.05, 3.63) is 22.7 Å². The smallest absolute Gasteiger partial charge is 0.164 e. The number of benzene rings is 1. The predicted molar refractivity (Wildman–Crippen MR) is 63.4 cm³/mol. The molecule has 1 unspecified atom stereocenters. The van der Waals surface area contributed by atoms with E-state index in [9.17, 15) is 5.11 Å². The number of rotatable bonds is 5. The zero-order valence-electron chi connectivity index (χ0n) is 9.37. The molecular weight excluding hydrogens is 230 g/mol. The van der Waals surface area contributed by atoms with Crippen LogP contribution in [0.25, 0.3) is 0 Å². The van der Waals surface area contributed by atoms with Gasteiger partial charge in [-0.05, 0) is 6.07 Å². The second kappa shape index (κ2) is 5.94. The first-order chi connectivity index (χ1) is 7.67. The average molecular weight is 246 g/mol. The summed E-state index contributed by atoms with van der Waals surface area (Å²) < 4.78 is 10.4. The van der Waals surface area contributed by atoms with Crippen molar-refractivity contribution in [3.8, 4) is 11.5 Å². The van der Waals surface area contributed by atoms with E-state index in [1.165, 1.54) is 7.11 Å². The number of aliphatic hydroxyl groups is 1. The van der Waals surface area contributed by atoms with Gasteiger partial charge in [-0.15, -0.1) is 0 Å². The zero-order chi connectivity index (χ0) is 12.1. The Kier molecular flexibility index (Phi) is 4.86. The Bertz CT molecular complexity index is 353. The summed E-state index contributed by atoms with van der Waals surface area (Å²) in [4.78, 5) is 0. The highest BCUT2D eigenvalue weighted by Gasteiger charge is 2.18. The molecule has 1 atom stereocenters. The number of methoxy groups -OCH3 is 2. The number of aliphatic hydroxyl groups excluding tert-OH is 1. The zero-order valence-corrected chi connectivity index (χ0v) is 10.1. The van der Waals surface area contributed by atoms with Crippen LogP contribution in [0.4, 0.5) is 0 Å². The fourth-order valence-electron chi connectivity index (χ4n) is 1.56. The molecule has 1 aromatic carbocycles. The van der Waals surface area contributed by atoms with Gasteiger partial charge in [0.1, 0.15) is 0 Å². The van der Waals surface area contributed by atoms with E-state index >= 15 is 0 Å². The molecule has 0 radical (unpaired) electrons. The molecule has 0 amide bonds. The molecule has 0 heterocycles. The molecular formula is C11H16ClNO3. The molecule has 0 aliphatic carbocycles. The van der Waals surface area contributed by atoms with Gasteiger partial charge in [0.25, 0.3) is 0 Å². The van der Waals surface area contributed by atoms with Gasteiger partial charge in [0.15, 0.2) is 11.5 Å². The third-order valence-electron chi connectivity index (χ3n) is 2.42. The van der Waals surface area contributed by atoms with E-state index in [2.05, 4.69) is 0 Å². The van der Waals surface area contributed by atoms with Crippen LogP contribution in [0.15, 0.2) is 12.1 Å². The summed E-state index contributed by atoms with van der Waals surface area (Å²) in [6, 6.07) is 3.39. The third-order valence-corrected chi connectivity index (χ3v) is 2.64. The van der Waals surface area contributed by atoms with E-state index in [0.717, 1.165) is 5.56 Å². The summed E-state index contributed by atoms with van der Waals surface area (Å²) in [7, 11) is 3.08. The predicted octanol–water partition coefficient (Wildman–Crippen LogP) is 1.39. The Morgan fingerprint density at radius 2 is 2.06 bits per heavy atom. The van der Waals surface area contributed by atoms with Gasteiger partial charge < -0.3 is 20.3 Å². The molecule has 4 nitrogen and oxygen atoms in total. The van der Waals surface area contributed by atoms with E-state index in [0.29, 0.717) is 23.1 Å². The topological polar surface area (TPSA) is 64.7 Å². The highest BCUT2D eigenvalue weighted by Crippen LogP contribution is 2.38. The van der Waals surface area contributed by atoms with Crippen LogP contribution in [0, 0.1) is 0 Å². The van der Waals surface area contributed by atoms with E-state index in [1.54, 1.807) is 19.2 Å². The number of nitrogens with two attached hydrogens (primary N) is 1. The molecule has 1 rings (SSSR count). The molecule has 0 fully saturated rings. The summed E-state index contributed by atoms with van der Waals surface area (Å²) in [5.74, 6) is 0.899. The van der Waals surface area contributed by atoms with Gasteiger partial charge >= 0.3 is 0 Å². The van der Waals surface area contributed by atoms with Crippen molar-refractivity contribution in [1.82, 2.24) is 0 Å². The van der Waals surface area contributed by atoms with Gasteiger partial charge in [-0.1, -0.05) is 11.6 Å². The largest absolute Gasteiger partial charge is 0.493 e. The minimum Gasteiger partial charge on any atom is -0.493 e. The molecule has 0 saturated heterocycles. The molecule has 0 saturated carbocycles. The van der Waals surface area contributed by atoms with Gasteiger partial charge in [0.05, 0.1) is 20.8 Å². The minimum absolute atomic E-state index is 0.0592. The molecule has 0 aliphatic rings. The van der Waals surface area contributed by atoms with Crippen LogP contribution < -0.4 is 15.2 Å². The Labute approximate surface area is 99.9 Å². The van der Waals surface area contributed by atoms with Crippen LogP contribution >= 0.6 is 11.6 Å². The lowest BCUT2D eigenvalue weighted by atomic mass is 9.98. The van der Waals surface area contributed by atoms with Crippen molar-refractivity contribution >= 4 is 11.6 Å². The molecule has 90 valence electrons. The first kappa shape index (κ1) is 13.1. The highest BCUT2D eigenvalue weighted by molar-refractivity contribution is 6.30. The fraction of sp³-hybridized carbons (Fsp3) is 0.455. The molecule has 0 bridgehead atoms. The lowest BCUT2D eigenvalue weighted by Gasteiger charge is -2.18. The van der Waals surface area contributed by atoms with Crippen LogP contribution in [0.5, 0.6) is 11.5 Å². The molecule has 5 heteroatoms. The highest BCUT2D eigenvalue weighted by atomic mass is 35.5. The van der Waals surface area contributed by atoms with Crippen LogP contribution in [0.3, 0.4) is 0 Å². The van der Waals surface area contributed by atoms with Gasteiger partial charge in [0, 0.05) is 29.1 Å². The SMILES string of the molecule is COc1cc(Cl)cc(C(CN)CO)c1OC. The monoisotopic (exact) mass is 245 g/mol. The summed E-state index contributed by atoms with van der Waals surface area (Å²) >= 11 is 5.96. The number of halogens is 1. The summed E-state index contributed by atoms with van der Waals surface area (Å²) in [6.45, 7) is 0.257. The van der Waals surface area contributed by atoms with Crippen molar-refractivity contribution in [2.75, 3.05) is 27.4 Å². The van der Waals surface area contributed by atoms with Gasteiger partial charge in [-0.25, -0.2) is 0 Å². The maximum Gasteiger partial charge on any atom is 0.164 e. The minimum atomic E-state index is -0.206. The number of hydrogen-bond donors (Lipinski definition) is 2. The standard InChI is InChI=1S/C11H16ClNO3/c1-15-10-4-8(12)3-9(11(10)16-2)7(5-13)6-14/h3-4,7,14H,5-6,13H2,1-2H3.